The lowest BCUT2D eigenvalue weighted by Gasteiger charge is -2.13. The topological polar surface area (TPSA) is 59.8 Å². The summed E-state index contributed by atoms with van der Waals surface area (Å²) in [7, 11) is 0. The Morgan fingerprint density at radius 1 is 0.941 bits per heavy atom. The second-order valence-electron chi connectivity index (χ2n) is 7.35. The van der Waals surface area contributed by atoms with Gasteiger partial charge in [0.1, 0.15) is 0 Å². The minimum absolute atomic E-state index is 0.106. The molecule has 0 aliphatic rings. The molecule has 0 bridgehead atoms. The van der Waals surface area contributed by atoms with Gasteiger partial charge >= 0.3 is 0 Å². The Bertz CT molecular complexity index is 1360. The number of aryl methyl sites for hydroxylation is 1. The van der Waals surface area contributed by atoms with Crippen LogP contribution in [-0.2, 0) is 12.3 Å². The van der Waals surface area contributed by atoms with Gasteiger partial charge in [0.2, 0.25) is 0 Å². The molecule has 1 heterocycles. The molecule has 0 saturated heterocycles. The number of aromatic nitrogens is 3. The smallest absolute Gasteiger partial charge is 0.253 e. The van der Waals surface area contributed by atoms with Crippen molar-refractivity contribution in [1.82, 2.24) is 20.1 Å². The van der Waals surface area contributed by atoms with E-state index in [1.165, 1.54) is 29.0 Å². The number of nitrogens with one attached hydrogen (secondary N) is 1. The average molecular weight is 552 g/mol. The zero-order chi connectivity index (χ0) is 24.2. The number of thioether (sulfide) groups is 1. The Balaban J connectivity index is 1.62. The van der Waals surface area contributed by atoms with Crippen LogP contribution in [-0.4, -0.2) is 20.7 Å². The van der Waals surface area contributed by atoms with E-state index in [4.69, 9.17) is 46.4 Å². The molecule has 0 aliphatic carbocycles. The van der Waals surface area contributed by atoms with Crippen LogP contribution in [0, 0.1) is 6.92 Å². The predicted molar refractivity (Wildman–Crippen MR) is 140 cm³/mol. The third-order valence-electron chi connectivity index (χ3n) is 5.05. The highest BCUT2D eigenvalue weighted by Gasteiger charge is 2.19. The number of amides is 1. The molecule has 1 N–H and O–H groups in total. The summed E-state index contributed by atoms with van der Waals surface area (Å²) < 4.78 is 1.82. The molecule has 1 aromatic heterocycles. The molecule has 3 aromatic carbocycles. The summed E-state index contributed by atoms with van der Waals surface area (Å²) in [5.41, 5.74) is 3.36. The van der Waals surface area contributed by atoms with Crippen molar-refractivity contribution < 1.29 is 4.79 Å². The van der Waals surface area contributed by atoms with Crippen LogP contribution in [0.2, 0.25) is 20.1 Å². The maximum atomic E-state index is 12.7. The molecule has 5 nitrogen and oxygen atoms in total. The summed E-state index contributed by atoms with van der Waals surface area (Å²) in [6, 6.07) is 18.1. The van der Waals surface area contributed by atoms with Gasteiger partial charge in [-0.3, -0.25) is 9.36 Å². The maximum Gasteiger partial charge on any atom is 0.253 e. The number of nitrogens with zero attached hydrogens (tertiary/aromatic N) is 3. The van der Waals surface area contributed by atoms with E-state index >= 15 is 0 Å². The van der Waals surface area contributed by atoms with Crippen molar-refractivity contribution in [1.29, 1.82) is 0 Å². The first-order chi connectivity index (χ1) is 16.3. The fraction of sp³-hybridized carbons (Fsp3) is 0.125. The van der Waals surface area contributed by atoms with Gasteiger partial charge in [0.15, 0.2) is 11.0 Å². The van der Waals surface area contributed by atoms with Crippen molar-refractivity contribution in [3.63, 3.8) is 0 Å². The molecule has 0 radical (unpaired) electrons. The molecule has 4 aromatic rings. The summed E-state index contributed by atoms with van der Waals surface area (Å²) in [6.07, 6.45) is 0. The van der Waals surface area contributed by atoms with Gasteiger partial charge in [-0.2, -0.15) is 0 Å². The first kappa shape index (κ1) is 24.9. The Morgan fingerprint density at radius 3 is 2.35 bits per heavy atom. The summed E-state index contributed by atoms with van der Waals surface area (Å²) in [5.74, 6) is 0.852. The van der Waals surface area contributed by atoms with E-state index in [0.29, 0.717) is 43.1 Å². The number of hydrogen-bond donors (Lipinski definition) is 1. The molecule has 34 heavy (non-hydrogen) atoms. The monoisotopic (exact) mass is 550 g/mol. The van der Waals surface area contributed by atoms with Gasteiger partial charge in [-0.05, 0) is 54.4 Å². The molecule has 0 spiro atoms. The summed E-state index contributed by atoms with van der Waals surface area (Å²) in [4.78, 5) is 12.7. The van der Waals surface area contributed by atoms with Crippen molar-refractivity contribution in [2.24, 2.45) is 0 Å². The molecule has 0 unspecified atom stereocenters. The third kappa shape index (κ3) is 5.70. The van der Waals surface area contributed by atoms with E-state index in [0.717, 1.165) is 0 Å². The van der Waals surface area contributed by atoms with Crippen LogP contribution in [0.4, 0.5) is 0 Å². The lowest BCUT2D eigenvalue weighted by molar-refractivity contribution is 0.0950. The van der Waals surface area contributed by atoms with Gasteiger partial charge < -0.3 is 5.32 Å². The largest absolute Gasteiger partial charge is 0.345 e. The first-order valence-corrected chi connectivity index (χ1v) is 12.6. The fourth-order valence-corrected chi connectivity index (χ4v) is 5.28. The van der Waals surface area contributed by atoms with Crippen LogP contribution in [0.5, 0.6) is 0 Å². The molecule has 4 rings (SSSR count). The Labute approximate surface area is 221 Å². The van der Waals surface area contributed by atoms with E-state index in [1.807, 2.05) is 16.7 Å². The molecule has 0 atom stereocenters. The van der Waals surface area contributed by atoms with E-state index in [9.17, 15) is 4.79 Å². The summed E-state index contributed by atoms with van der Waals surface area (Å²) in [6.45, 7) is 2.17. The van der Waals surface area contributed by atoms with Crippen LogP contribution in [0.3, 0.4) is 0 Å². The zero-order valence-corrected chi connectivity index (χ0v) is 21.7. The van der Waals surface area contributed by atoms with Gasteiger partial charge in [0.25, 0.3) is 5.91 Å². The SMILES string of the molecule is Cc1ccccc1CSc1nnc(CNC(=O)c2ccc(Cl)cc2Cl)n1-c1ccc(Cl)cc1Cl. The summed E-state index contributed by atoms with van der Waals surface area (Å²) in [5, 5.41) is 13.9. The van der Waals surface area contributed by atoms with Gasteiger partial charge in [0.05, 0.1) is 27.8 Å². The second-order valence-corrected chi connectivity index (χ2v) is 9.98. The molecule has 1 amide bonds. The Kier molecular flexibility index (Phi) is 8.06. The molecule has 0 fully saturated rings. The van der Waals surface area contributed by atoms with Gasteiger partial charge in [-0.25, -0.2) is 0 Å². The Morgan fingerprint density at radius 2 is 1.65 bits per heavy atom. The molecule has 174 valence electrons. The van der Waals surface area contributed by atoms with E-state index in [1.54, 1.807) is 30.3 Å². The minimum Gasteiger partial charge on any atom is -0.345 e. The zero-order valence-electron chi connectivity index (χ0n) is 17.9. The van der Waals surface area contributed by atoms with Crippen molar-refractivity contribution in [2.75, 3.05) is 0 Å². The van der Waals surface area contributed by atoms with E-state index in [2.05, 4.69) is 34.6 Å². The lowest BCUT2D eigenvalue weighted by Crippen LogP contribution is -2.25. The third-order valence-corrected chi connectivity index (χ3v) is 7.12. The van der Waals surface area contributed by atoms with Crippen LogP contribution < -0.4 is 5.32 Å². The second kappa shape index (κ2) is 11.0. The number of rotatable bonds is 7. The molecular weight excluding hydrogens is 534 g/mol. The van der Waals surface area contributed by atoms with Crippen LogP contribution >= 0.6 is 58.2 Å². The highest BCUT2D eigenvalue weighted by Crippen LogP contribution is 2.31. The number of halogens is 4. The highest BCUT2D eigenvalue weighted by atomic mass is 35.5. The van der Waals surface area contributed by atoms with Crippen LogP contribution in [0.15, 0.2) is 65.8 Å². The fourth-order valence-electron chi connectivity index (χ4n) is 3.26. The average Bonchev–Trinajstić information content (AvgIpc) is 3.19. The number of hydrogen-bond acceptors (Lipinski definition) is 4. The first-order valence-electron chi connectivity index (χ1n) is 10.1. The minimum atomic E-state index is -0.354. The van der Waals surface area contributed by atoms with Gasteiger partial charge in [-0.15, -0.1) is 10.2 Å². The van der Waals surface area contributed by atoms with Gasteiger partial charge in [-0.1, -0.05) is 82.4 Å². The van der Waals surface area contributed by atoms with E-state index in [-0.39, 0.29) is 17.5 Å². The predicted octanol–water partition coefficient (Wildman–Crippen LogP) is 7.41. The van der Waals surface area contributed by atoms with Crippen molar-refractivity contribution in [3.8, 4) is 5.69 Å². The normalized spacial score (nSPS) is 11.0. The van der Waals surface area contributed by atoms with Crippen LogP contribution in [0.1, 0.15) is 27.3 Å². The Hall–Kier alpha value is -2.22. The van der Waals surface area contributed by atoms with Gasteiger partial charge in [0, 0.05) is 15.8 Å². The summed E-state index contributed by atoms with van der Waals surface area (Å²) >= 11 is 26.3. The highest BCUT2D eigenvalue weighted by molar-refractivity contribution is 7.98. The van der Waals surface area contributed by atoms with Crippen molar-refractivity contribution in [3.05, 3.63) is 103 Å². The molecule has 0 saturated carbocycles. The number of carbonyl (C=O) groups excluding carboxylic acids is 1. The standard InChI is InChI=1S/C24H18Cl4N4OS/c1-14-4-2-3-5-15(14)13-34-24-31-30-22(32(24)21-9-7-17(26)11-20(21)28)12-29-23(33)18-8-6-16(25)10-19(18)27/h2-11H,12-13H2,1H3,(H,29,33). The molecule has 10 heteroatoms. The molecular formula is C24H18Cl4N4OS. The quantitative estimate of drug-likeness (QED) is 0.243. The van der Waals surface area contributed by atoms with E-state index < -0.39 is 0 Å². The van der Waals surface area contributed by atoms with Crippen LogP contribution in [0.25, 0.3) is 5.69 Å². The number of carbonyl (C=O) groups is 1. The molecule has 0 aliphatic heterocycles. The number of benzene rings is 3. The van der Waals surface area contributed by atoms with Crippen molar-refractivity contribution >= 4 is 64.1 Å². The maximum absolute atomic E-state index is 12.7. The lowest BCUT2D eigenvalue weighted by atomic mass is 10.1. The van der Waals surface area contributed by atoms with Crippen molar-refractivity contribution in [2.45, 2.75) is 24.4 Å².